The van der Waals surface area contributed by atoms with E-state index < -0.39 is 0 Å². The third-order valence-corrected chi connectivity index (χ3v) is 3.48. The summed E-state index contributed by atoms with van der Waals surface area (Å²) in [6.45, 7) is 13.9. The quantitative estimate of drug-likeness (QED) is 0.618. The van der Waals surface area contributed by atoms with Crippen molar-refractivity contribution < 1.29 is 0 Å². The summed E-state index contributed by atoms with van der Waals surface area (Å²) in [5.41, 5.74) is 0.529. The van der Waals surface area contributed by atoms with Gasteiger partial charge in [0, 0.05) is 5.25 Å². The van der Waals surface area contributed by atoms with E-state index in [1.165, 1.54) is 12.8 Å². The molecule has 74 valence electrons. The molecule has 1 atom stereocenters. The highest BCUT2D eigenvalue weighted by molar-refractivity contribution is 8.00. The van der Waals surface area contributed by atoms with Gasteiger partial charge in [0.15, 0.2) is 0 Å². The predicted molar refractivity (Wildman–Crippen MR) is 60.9 cm³/mol. The van der Waals surface area contributed by atoms with Crippen LogP contribution < -0.4 is 0 Å². The van der Waals surface area contributed by atoms with Crippen molar-refractivity contribution in [1.29, 1.82) is 0 Å². The van der Waals surface area contributed by atoms with Crippen molar-refractivity contribution in [3.8, 4) is 0 Å². The Balaban J connectivity index is 3.75. The Hall–Kier alpha value is 0.350. The Morgan fingerprint density at radius 3 is 2.00 bits per heavy atom. The van der Waals surface area contributed by atoms with E-state index in [4.69, 9.17) is 0 Å². The number of hydrogen-bond acceptors (Lipinski definition) is 1. The fourth-order valence-corrected chi connectivity index (χ4v) is 2.91. The van der Waals surface area contributed by atoms with Gasteiger partial charge in [-0.05, 0) is 17.1 Å². The van der Waals surface area contributed by atoms with Gasteiger partial charge < -0.3 is 0 Å². The minimum Gasteiger partial charge on any atom is -0.156 e. The molecule has 0 amide bonds. The first-order chi connectivity index (χ1) is 5.37. The maximum Gasteiger partial charge on any atom is 0.00263 e. The van der Waals surface area contributed by atoms with Crippen LogP contribution in [-0.2, 0) is 0 Å². The molecule has 0 saturated heterocycles. The van der Waals surface area contributed by atoms with E-state index in [1.54, 1.807) is 0 Å². The van der Waals surface area contributed by atoms with E-state index in [0.29, 0.717) is 5.41 Å². The molecule has 0 aliphatic rings. The van der Waals surface area contributed by atoms with Crippen molar-refractivity contribution in [3.05, 3.63) is 0 Å². The third kappa shape index (κ3) is 5.93. The molecule has 0 heterocycles. The van der Waals surface area contributed by atoms with Crippen molar-refractivity contribution in [2.24, 2.45) is 5.41 Å². The molecular weight excluding hydrogens is 164 g/mol. The number of rotatable bonds is 5. The monoisotopic (exact) mass is 188 g/mol. The summed E-state index contributed by atoms with van der Waals surface area (Å²) in [6.07, 6.45) is 2.63. The second-order valence-electron chi connectivity index (χ2n) is 4.72. The van der Waals surface area contributed by atoms with Crippen molar-refractivity contribution in [2.45, 2.75) is 64.9 Å². The molecule has 0 spiro atoms. The van der Waals surface area contributed by atoms with Crippen LogP contribution >= 0.6 is 11.8 Å². The van der Waals surface area contributed by atoms with Crippen LogP contribution in [0.3, 0.4) is 0 Å². The smallest absolute Gasteiger partial charge is 0.00263 e. The Kier molecular flexibility index (Phi) is 5.31. The predicted octanol–water partition coefficient (Wildman–Crippen LogP) is 4.34. The number of thioether (sulfide) groups is 1. The van der Waals surface area contributed by atoms with Gasteiger partial charge >= 0.3 is 0 Å². The van der Waals surface area contributed by atoms with Gasteiger partial charge in [0.1, 0.15) is 0 Å². The molecule has 0 aliphatic carbocycles. The molecule has 0 rings (SSSR count). The van der Waals surface area contributed by atoms with Crippen LogP contribution in [0.25, 0.3) is 0 Å². The van der Waals surface area contributed by atoms with Crippen LogP contribution in [0.15, 0.2) is 0 Å². The molecule has 12 heavy (non-hydrogen) atoms. The molecule has 0 fully saturated rings. The van der Waals surface area contributed by atoms with Gasteiger partial charge in [-0.2, -0.15) is 11.8 Å². The third-order valence-electron chi connectivity index (χ3n) is 2.30. The Bertz CT molecular complexity index is 116. The Morgan fingerprint density at radius 2 is 1.67 bits per heavy atom. The van der Waals surface area contributed by atoms with Crippen LogP contribution in [-0.4, -0.2) is 10.5 Å². The van der Waals surface area contributed by atoms with Crippen LogP contribution in [0.1, 0.15) is 54.4 Å². The summed E-state index contributed by atoms with van der Waals surface area (Å²) >= 11 is 2.10. The molecular formula is C11H24S. The molecule has 0 aliphatic heterocycles. The van der Waals surface area contributed by atoms with Gasteiger partial charge in [0.25, 0.3) is 0 Å². The SMILES string of the molecule is CCC(C)(C)CC(C)SC(C)C. The van der Waals surface area contributed by atoms with Gasteiger partial charge in [-0.25, -0.2) is 0 Å². The molecule has 1 unspecified atom stereocenters. The van der Waals surface area contributed by atoms with Gasteiger partial charge in [0.05, 0.1) is 0 Å². The average Bonchev–Trinajstić information content (AvgIpc) is 1.84. The summed E-state index contributed by atoms with van der Waals surface area (Å²) in [5.74, 6) is 0. The highest BCUT2D eigenvalue weighted by Crippen LogP contribution is 2.32. The van der Waals surface area contributed by atoms with E-state index in [9.17, 15) is 0 Å². The van der Waals surface area contributed by atoms with Crippen molar-refractivity contribution in [1.82, 2.24) is 0 Å². The topological polar surface area (TPSA) is 0 Å². The second-order valence-corrected chi connectivity index (χ2v) is 6.74. The molecule has 0 bridgehead atoms. The van der Waals surface area contributed by atoms with Crippen molar-refractivity contribution >= 4 is 11.8 Å². The van der Waals surface area contributed by atoms with E-state index in [0.717, 1.165) is 10.5 Å². The maximum atomic E-state index is 2.37. The lowest BCUT2D eigenvalue weighted by Gasteiger charge is -2.27. The Morgan fingerprint density at radius 1 is 1.17 bits per heavy atom. The molecule has 0 radical (unpaired) electrons. The fraction of sp³-hybridized carbons (Fsp3) is 1.00. The molecule has 0 aromatic heterocycles. The first-order valence-corrected chi connectivity index (χ1v) is 5.97. The molecule has 0 nitrogen and oxygen atoms in total. The zero-order chi connectivity index (χ0) is 9.78. The number of hydrogen-bond donors (Lipinski definition) is 0. The second kappa shape index (κ2) is 5.16. The summed E-state index contributed by atoms with van der Waals surface area (Å²) in [7, 11) is 0. The lowest BCUT2D eigenvalue weighted by Crippen LogP contribution is -2.16. The maximum absolute atomic E-state index is 2.37. The van der Waals surface area contributed by atoms with E-state index in [1.807, 2.05) is 0 Å². The minimum atomic E-state index is 0.529. The molecule has 0 aromatic carbocycles. The first kappa shape index (κ1) is 12.3. The van der Waals surface area contributed by atoms with Crippen molar-refractivity contribution in [2.75, 3.05) is 0 Å². The van der Waals surface area contributed by atoms with E-state index in [2.05, 4.69) is 53.3 Å². The van der Waals surface area contributed by atoms with Gasteiger partial charge in [-0.15, -0.1) is 0 Å². The summed E-state index contributed by atoms with van der Waals surface area (Å²) in [5, 5.41) is 1.58. The molecule has 0 aromatic rings. The van der Waals surface area contributed by atoms with Crippen molar-refractivity contribution in [3.63, 3.8) is 0 Å². The van der Waals surface area contributed by atoms with E-state index in [-0.39, 0.29) is 0 Å². The zero-order valence-electron chi connectivity index (χ0n) is 9.48. The normalized spacial score (nSPS) is 15.2. The Labute approximate surface area is 82.5 Å². The lowest BCUT2D eigenvalue weighted by atomic mass is 9.85. The molecule has 1 heteroatoms. The standard InChI is InChI=1S/C11H24S/c1-7-11(5,6)8-10(4)12-9(2)3/h9-10H,7-8H2,1-6H3. The average molecular weight is 188 g/mol. The highest BCUT2D eigenvalue weighted by Gasteiger charge is 2.19. The first-order valence-electron chi connectivity index (χ1n) is 5.03. The van der Waals surface area contributed by atoms with Gasteiger partial charge in [-0.3, -0.25) is 0 Å². The van der Waals surface area contributed by atoms with Crippen LogP contribution in [0, 0.1) is 5.41 Å². The summed E-state index contributed by atoms with van der Waals surface area (Å²) < 4.78 is 0. The van der Waals surface area contributed by atoms with Crippen LogP contribution in [0.4, 0.5) is 0 Å². The highest BCUT2D eigenvalue weighted by atomic mass is 32.2. The largest absolute Gasteiger partial charge is 0.156 e. The van der Waals surface area contributed by atoms with Gasteiger partial charge in [-0.1, -0.05) is 48.0 Å². The zero-order valence-corrected chi connectivity index (χ0v) is 10.3. The minimum absolute atomic E-state index is 0.529. The van der Waals surface area contributed by atoms with E-state index >= 15 is 0 Å². The summed E-state index contributed by atoms with van der Waals surface area (Å²) in [6, 6.07) is 0. The molecule has 0 N–H and O–H groups in total. The van der Waals surface area contributed by atoms with Crippen LogP contribution in [0.2, 0.25) is 0 Å². The van der Waals surface area contributed by atoms with Crippen LogP contribution in [0.5, 0.6) is 0 Å². The fourth-order valence-electron chi connectivity index (χ4n) is 1.44. The summed E-state index contributed by atoms with van der Waals surface area (Å²) in [4.78, 5) is 0. The lowest BCUT2D eigenvalue weighted by molar-refractivity contribution is 0.323. The molecule has 0 saturated carbocycles. The van der Waals surface area contributed by atoms with Gasteiger partial charge in [0.2, 0.25) is 0 Å².